The zero-order chi connectivity index (χ0) is 11.5. The molecule has 2 heterocycles. The van der Waals surface area contributed by atoms with Crippen molar-refractivity contribution in [2.24, 2.45) is 5.92 Å². The molecule has 0 aromatic carbocycles. The Balaban J connectivity index is 1.86. The van der Waals surface area contributed by atoms with E-state index < -0.39 is 12.1 Å². The lowest BCUT2D eigenvalue weighted by molar-refractivity contribution is -0.190. The maximum absolute atomic E-state index is 9.52. The van der Waals surface area contributed by atoms with Crippen LogP contribution in [0.3, 0.4) is 0 Å². The summed E-state index contributed by atoms with van der Waals surface area (Å²) in [5, 5.41) is 9.52. The van der Waals surface area contributed by atoms with Crippen LogP contribution in [-0.4, -0.2) is 48.7 Å². The fourth-order valence-corrected chi connectivity index (χ4v) is 3.20. The molecule has 0 aromatic rings. The molecule has 2 saturated heterocycles. The Labute approximate surface area is 94.6 Å². The van der Waals surface area contributed by atoms with Crippen molar-refractivity contribution in [3.63, 3.8) is 0 Å². The van der Waals surface area contributed by atoms with Gasteiger partial charge in [0, 0.05) is 19.4 Å². The van der Waals surface area contributed by atoms with Gasteiger partial charge in [-0.15, -0.1) is 0 Å². The first-order valence-electron chi connectivity index (χ1n) is 5.74. The quantitative estimate of drug-likeness (QED) is 0.700. The molecule has 3 rings (SSSR count). The van der Waals surface area contributed by atoms with Gasteiger partial charge in [-0.1, -0.05) is 0 Å². The lowest BCUT2D eigenvalue weighted by Crippen LogP contribution is -2.37. The third-order valence-corrected chi connectivity index (χ3v) is 3.72. The molecule has 3 aliphatic rings. The van der Waals surface area contributed by atoms with Crippen LogP contribution in [0.2, 0.25) is 0 Å². The second-order valence-corrected chi connectivity index (χ2v) is 5.22. The van der Waals surface area contributed by atoms with Crippen LogP contribution in [0, 0.1) is 5.92 Å². The molecule has 5 heteroatoms. The van der Waals surface area contributed by atoms with Gasteiger partial charge in [0.2, 0.25) is 0 Å². The molecule has 0 aromatic heterocycles. The SMILES string of the molecule is CO[C@@H]1[C@H]2OC(C)(C)O[C@H]2[C@@H]2CC(O)O[C@@H]21. The Hall–Kier alpha value is -0.200. The van der Waals surface area contributed by atoms with E-state index in [4.69, 9.17) is 18.9 Å². The van der Waals surface area contributed by atoms with Gasteiger partial charge < -0.3 is 24.1 Å². The summed E-state index contributed by atoms with van der Waals surface area (Å²) in [7, 11) is 1.65. The predicted octanol–water partition coefficient (Wildman–Crippen LogP) is 0.259. The van der Waals surface area contributed by atoms with Crippen LogP contribution in [0.25, 0.3) is 0 Å². The molecule has 6 atom stereocenters. The van der Waals surface area contributed by atoms with Crippen molar-refractivity contribution in [1.29, 1.82) is 0 Å². The highest BCUT2D eigenvalue weighted by Gasteiger charge is 2.62. The van der Waals surface area contributed by atoms with Gasteiger partial charge >= 0.3 is 0 Å². The molecule has 1 aliphatic carbocycles. The fraction of sp³-hybridized carbons (Fsp3) is 1.00. The summed E-state index contributed by atoms with van der Waals surface area (Å²) in [6.07, 6.45) is -0.448. The predicted molar refractivity (Wildman–Crippen MR) is 53.6 cm³/mol. The van der Waals surface area contributed by atoms with E-state index in [2.05, 4.69) is 0 Å². The van der Waals surface area contributed by atoms with Gasteiger partial charge in [-0.05, 0) is 13.8 Å². The number of methoxy groups -OCH3 is 1. The maximum atomic E-state index is 9.52. The first-order valence-corrected chi connectivity index (χ1v) is 5.74. The Morgan fingerprint density at radius 2 is 1.88 bits per heavy atom. The number of fused-ring (bicyclic) bond motifs is 3. The van der Waals surface area contributed by atoms with Gasteiger partial charge in [0.25, 0.3) is 0 Å². The summed E-state index contributed by atoms with van der Waals surface area (Å²) in [5.74, 6) is -0.392. The number of aliphatic hydroxyl groups excluding tert-OH is 1. The largest absolute Gasteiger partial charge is 0.376 e. The minimum absolute atomic E-state index is 0.0258. The van der Waals surface area contributed by atoms with Gasteiger partial charge in [-0.3, -0.25) is 0 Å². The van der Waals surface area contributed by atoms with Gasteiger partial charge in [0.05, 0.1) is 12.2 Å². The van der Waals surface area contributed by atoms with Gasteiger partial charge in [-0.2, -0.15) is 0 Å². The van der Waals surface area contributed by atoms with Crippen LogP contribution < -0.4 is 0 Å². The Morgan fingerprint density at radius 3 is 2.56 bits per heavy atom. The summed E-state index contributed by atoms with van der Waals surface area (Å²) in [6.45, 7) is 3.80. The highest BCUT2D eigenvalue weighted by Crippen LogP contribution is 2.48. The molecule has 3 fully saturated rings. The average molecular weight is 230 g/mol. The molecule has 0 spiro atoms. The highest BCUT2D eigenvalue weighted by molar-refractivity contribution is 5.07. The molecule has 2 aliphatic heterocycles. The monoisotopic (exact) mass is 230 g/mol. The molecular formula is C11H18O5. The normalized spacial score (nSPS) is 54.0. The van der Waals surface area contributed by atoms with E-state index >= 15 is 0 Å². The fourth-order valence-electron chi connectivity index (χ4n) is 3.20. The molecular weight excluding hydrogens is 212 g/mol. The number of aliphatic hydroxyl groups is 1. The third kappa shape index (κ3) is 1.43. The average Bonchev–Trinajstić information content (AvgIpc) is 2.74. The second-order valence-electron chi connectivity index (χ2n) is 5.22. The van der Waals surface area contributed by atoms with Crippen molar-refractivity contribution in [1.82, 2.24) is 0 Å². The standard InChI is InChI=1S/C11H18O5/c1-11(2)15-8-5-4-6(12)14-7(5)9(13-3)10(8)16-11/h5-10,12H,4H2,1-3H3/t5-,6?,7+,8+,9+,10+/m1/s1. The highest BCUT2D eigenvalue weighted by atomic mass is 16.8. The third-order valence-electron chi connectivity index (χ3n) is 3.72. The molecule has 0 bridgehead atoms. The second kappa shape index (κ2) is 3.40. The van der Waals surface area contributed by atoms with Crippen molar-refractivity contribution in [2.75, 3.05) is 7.11 Å². The zero-order valence-corrected chi connectivity index (χ0v) is 9.75. The van der Waals surface area contributed by atoms with E-state index in [1.807, 2.05) is 13.8 Å². The van der Waals surface area contributed by atoms with Crippen LogP contribution >= 0.6 is 0 Å². The Bertz CT molecular complexity index is 290. The molecule has 92 valence electrons. The summed E-state index contributed by atoms with van der Waals surface area (Å²) < 4.78 is 22.6. The van der Waals surface area contributed by atoms with E-state index in [-0.39, 0.29) is 30.3 Å². The topological polar surface area (TPSA) is 57.2 Å². The molecule has 5 nitrogen and oxygen atoms in total. The lowest BCUT2D eigenvalue weighted by atomic mass is 10.0. The summed E-state index contributed by atoms with van der Waals surface area (Å²) in [6, 6.07) is 0. The van der Waals surface area contributed by atoms with Gasteiger partial charge in [0.15, 0.2) is 12.1 Å². The van der Waals surface area contributed by atoms with Crippen LogP contribution in [0.15, 0.2) is 0 Å². The molecule has 1 unspecified atom stereocenters. The Morgan fingerprint density at radius 1 is 1.19 bits per heavy atom. The summed E-state index contributed by atoms with van der Waals surface area (Å²) in [5.41, 5.74) is 0. The van der Waals surface area contributed by atoms with Gasteiger partial charge in [0.1, 0.15) is 12.2 Å². The van der Waals surface area contributed by atoms with Crippen molar-refractivity contribution in [3.8, 4) is 0 Å². The minimum atomic E-state index is -0.694. The minimum Gasteiger partial charge on any atom is -0.376 e. The molecule has 16 heavy (non-hydrogen) atoms. The van der Waals surface area contributed by atoms with Crippen molar-refractivity contribution in [2.45, 2.75) is 56.8 Å². The zero-order valence-electron chi connectivity index (χ0n) is 9.75. The van der Waals surface area contributed by atoms with E-state index in [0.717, 1.165) is 0 Å². The van der Waals surface area contributed by atoms with Crippen molar-refractivity contribution in [3.05, 3.63) is 0 Å². The van der Waals surface area contributed by atoms with E-state index in [9.17, 15) is 5.11 Å². The smallest absolute Gasteiger partial charge is 0.163 e. The van der Waals surface area contributed by atoms with E-state index in [0.29, 0.717) is 6.42 Å². The number of hydrogen-bond acceptors (Lipinski definition) is 5. The molecule has 0 radical (unpaired) electrons. The Kier molecular flexibility index (Phi) is 2.32. The number of hydrogen-bond donors (Lipinski definition) is 1. The number of ether oxygens (including phenoxy) is 4. The first kappa shape index (κ1) is 10.9. The molecule has 1 saturated carbocycles. The van der Waals surface area contributed by atoms with Crippen molar-refractivity contribution < 1.29 is 24.1 Å². The first-order chi connectivity index (χ1) is 7.52. The van der Waals surface area contributed by atoms with Crippen LogP contribution in [0.5, 0.6) is 0 Å². The van der Waals surface area contributed by atoms with Gasteiger partial charge in [-0.25, -0.2) is 0 Å². The molecule has 0 amide bonds. The van der Waals surface area contributed by atoms with E-state index in [1.54, 1.807) is 7.11 Å². The maximum Gasteiger partial charge on any atom is 0.163 e. The van der Waals surface area contributed by atoms with Crippen LogP contribution in [0.4, 0.5) is 0 Å². The van der Waals surface area contributed by atoms with Crippen LogP contribution in [0.1, 0.15) is 20.3 Å². The summed E-state index contributed by atoms with van der Waals surface area (Å²) >= 11 is 0. The molecule has 1 N–H and O–H groups in total. The van der Waals surface area contributed by atoms with Crippen LogP contribution in [-0.2, 0) is 18.9 Å². The summed E-state index contributed by atoms with van der Waals surface area (Å²) in [4.78, 5) is 0. The number of rotatable bonds is 1. The van der Waals surface area contributed by atoms with Crippen molar-refractivity contribution >= 4 is 0 Å². The van der Waals surface area contributed by atoms with E-state index in [1.165, 1.54) is 0 Å². The lowest BCUT2D eigenvalue weighted by Gasteiger charge is -2.25.